The highest BCUT2D eigenvalue weighted by Crippen LogP contribution is 2.18. The molecule has 0 rings (SSSR count). The van der Waals surface area contributed by atoms with Crippen LogP contribution in [-0.4, -0.2) is 23.1 Å². The first-order valence-corrected chi connectivity index (χ1v) is 18.3. The molecule has 246 valence electrons. The fourth-order valence-corrected chi connectivity index (χ4v) is 5.46. The van der Waals surface area contributed by atoms with Crippen LogP contribution in [0.5, 0.6) is 0 Å². The molecule has 1 N–H and O–H groups in total. The Labute approximate surface area is 261 Å². The van der Waals surface area contributed by atoms with E-state index in [-0.39, 0.29) is 18.5 Å². The van der Waals surface area contributed by atoms with E-state index in [9.17, 15) is 9.59 Å². The molecular weight excluding hydrogens is 520 g/mol. The van der Waals surface area contributed by atoms with Gasteiger partial charge in [0.1, 0.15) is 6.10 Å². The molecule has 0 saturated heterocycles. The first-order valence-electron chi connectivity index (χ1n) is 18.3. The number of esters is 1. The van der Waals surface area contributed by atoms with Gasteiger partial charge in [-0.2, -0.15) is 0 Å². The Bertz CT molecular complexity index is 639. The molecule has 0 radical (unpaired) electrons. The molecule has 0 aliphatic rings. The average molecular weight is 591 g/mol. The number of unbranched alkanes of at least 4 members (excludes halogenated alkanes) is 20. The maximum atomic E-state index is 12.5. The highest BCUT2D eigenvalue weighted by atomic mass is 16.5. The van der Waals surface area contributed by atoms with Crippen LogP contribution in [-0.2, 0) is 14.3 Å². The number of hydrogen-bond donors (Lipinski definition) is 1. The first-order chi connectivity index (χ1) is 20.6. The number of ether oxygens (including phenoxy) is 1. The first kappa shape index (κ1) is 40.4. The van der Waals surface area contributed by atoms with Crippen LogP contribution in [0.3, 0.4) is 0 Å². The van der Waals surface area contributed by atoms with E-state index >= 15 is 0 Å². The largest absolute Gasteiger partial charge is 0.481 e. The quantitative estimate of drug-likeness (QED) is 0.0469. The zero-order chi connectivity index (χ0) is 30.8. The van der Waals surface area contributed by atoms with Crippen LogP contribution in [0.15, 0.2) is 24.3 Å². The number of hydrogen-bond acceptors (Lipinski definition) is 3. The van der Waals surface area contributed by atoms with E-state index in [1.54, 1.807) is 0 Å². The van der Waals surface area contributed by atoms with Gasteiger partial charge in [-0.3, -0.25) is 9.59 Å². The summed E-state index contributed by atoms with van der Waals surface area (Å²) in [6.45, 7) is 4.51. The summed E-state index contributed by atoms with van der Waals surface area (Å²) in [4.78, 5) is 23.4. The van der Waals surface area contributed by atoms with Gasteiger partial charge < -0.3 is 9.84 Å². The number of carbonyl (C=O) groups is 2. The molecular formula is C38H70O4. The van der Waals surface area contributed by atoms with Gasteiger partial charge in [-0.25, -0.2) is 0 Å². The van der Waals surface area contributed by atoms with Crippen molar-refractivity contribution in [3.05, 3.63) is 24.3 Å². The monoisotopic (exact) mass is 591 g/mol. The van der Waals surface area contributed by atoms with Crippen molar-refractivity contribution in [3.8, 4) is 0 Å². The van der Waals surface area contributed by atoms with Crippen molar-refractivity contribution in [3.63, 3.8) is 0 Å². The van der Waals surface area contributed by atoms with Gasteiger partial charge in [-0.1, -0.05) is 147 Å². The Kier molecular flexibility index (Phi) is 32.6. The van der Waals surface area contributed by atoms with Crippen LogP contribution in [0.25, 0.3) is 0 Å². The van der Waals surface area contributed by atoms with E-state index in [2.05, 4.69) is 38.2 Å². The molecule has 1 atom stereocenters. The van der Waals surface area contributed by atoms with Gasteiger partial charge in [0.05, 0.1) is 0 Å². The summed E-state index contributed by atoms with van der Waals surface area (Å²) in [6, 6.07) is 0. The number of carboxylic acid groups (broad SMARTS) is 1. The van der Waals surface area contributed by atoms with Crippen molar-refractivity contribution >= 4 is 11.9 Å². The van der Waals surface area contributed by atoms with Gasteiger partial charge in [0, 0.05) is 12.8 Å². The second-order valence-corrected chi connectivity index (χ2v) is 12.4. The second-order valence-electron chi connectivity index (χ2n) is 12.4. The Hall–Kier alpha value is -1.58. The second kappa shape index (κ2) is 33.9. The lowest BCUT2D eigenvalue weighted by Crippen LogP contribution is -2.18. The molecule has 0 fully saturated rings. The van der Waals surface area contributed by atoms with Crippen molar-refractivity contribution in [1.29, 1.82) is 0 Å². The smallest absolute Gasteiger partial charge is 0.306 e. The van der Waals surface area contributed by atoms with Crippen molar-refractivity contribution in [2.24, 2.45) is 0 Å². The molecule has 0 aliphatic carbocycles. The molecule has 0 aliphatic heterocycles. The van der Waals surface area contributed by atoms with Crippen LogP contribution in [0.2, 0.25) is 0 Å². The third-order valence-electron chi connectivity index (χ3n) is 8.18. The normalized spacial score (nSPS) is 12.4. The molecule has 4 nitrogen and oxygen atoms in total. The topological polar surface area (TPSA) is 63.6 Å². The van der Waals surface area contributed by atoms with Crippen molar-refractivity contribution in [1.82, 2.24) is 0 Å². The lowest BCUT2D eigenvalue weighted by Gasteiger charge is -2.18. The number of aliphatic carboxylic acids is 1. The summed E-state index contributed by atoms with van der Waals surface area (Å²) in [5.41, 5.74) is 0. The van der Waals surface area contributed by atoms with E-state index < -0.39 is 5.97 Å². The van der Waals surface area contributed by atoms with Gasteiger partial charge in [-0.05, 0) is 64.2 Å². The van der Waals surface area contributed by atoms with E-state index in [0.29, 0.717) is 19.3 Å². The number of allylic oxidation sites excluding steroid dienone is 4. The molecule has 0 aromatic carbocycles. The van der Waals surface area contributed by atoms with E-state index in [0.717, 1.165) is 32.1 Å². The van der Waals surface area contributed by atoms with E-state index in [4.69, 9.17) is 9.84 Å². The van der Waals surface area contributed by atoms with Gasteiger partial charge in [0.2, 0.25) is 0 Å². The summed E-state index contributed by atoms with van der Waals surface area (Å²) in [7, 11) is 0. The average Bonchev–Trinajstić information content (AvgIpc) is 2.97. The Morgan fingerprint density at radius 1 is 0.524 bits per heavy atom. The van der Waals surface area contributed by atoms with Gasteiger partial charge >= 0.3 is 11.9 Å². The zero-order valence-electron chi connectivity index (χ0n) is 28.1. The lowest BCUT2D eigenvalue weighted by molar-refractivity contribution is -0.150. The van der Waals surface area contributed by atoms with Crippen LogP contribution in [0, 0.1) is 0 Å². The molecule has 0 heterocycles. The SMILES string of the molecule is CCCCC/C=C\C/C=C\CCCCCCCCCC(=O)OC(CCCCCCCCCCCCC)CCCC(=O)O. The maximum absolute atomic E-state index is 12.5. The highest BCUT2D eigenvalue weighted by molar-refractivity contribution is 5.69. The molecule has 0 spiro atoms. The highest BCUT2D eigenvalue weighted by Gasteiger charge is 2.15. The minimum Gasteiger partial charge on any atom is -0.481 e. The fraction of sp³-hybridized carbons (Fsp3) is 0.842. The minimum absolute atomic E-state index is 0.0963. The summed E-state index contributed by atoms with van der Waals surface area (Å²) in [5.74, 6) is -0.867. The third-order valence-corrected chi connectivity index (χ3v) is 8.18. The summed E-state index contributed by atoms with van der Waals surface area (Å²) >= 11 is 0. The molecule has 4 heteroatoms. The van der Waals surface area contributed by atoms with Crippen molar-refractivity contribution in [2.75, 3.05) is 0 Å². The van der Waals surface area contributed by atoms with Gasteiger partial charge in [0.15, 0.2) is 0 Å². The summed E-state index contributed by atoms with van der Waals surface area (Å²) in [5, 5.41) is 8.99. The fourth-order valence-electron chi connectivity index (χ4n) is 5.46. The molecule has 0 aromatic heterocycles. The third kappa shape index (κ3) is 32.9. The van der Waals surface area contributed by atoms with Gasteiger partial charge in [0.25, 0.3) is 0 Å². The Balaban J connectivity index is 3.82. The molecule has 42 heavy (non-hydrogen) atoms. The minimum atomic E-state index is -0.771. The van der Waals surface area contributed by atoms with Crippen LogP contribution in [0.4, 0.5) is 0 Å². The van der Waals surface area contributed by atoms with Crippen LogP contribution >= 0.6 is 0 Å². The summed E-state index contributed by atoms with van der Waals surface area (Å²) in [6.07, 6.45) is 41.8. The molecule has 0 amide bonds. The zero-order valence-corrected chi connectivity index (χ0v) is 28.1. The summed E-state index contributed by atoms with van der Waals surface area (Å²) < 4.78 is 5.81. The molecule has 0 aromatic rings. The Morgan fingerprint density at radius 3 is 1.50 bits per heavy atom. The maximum Gasteiger partial charge on any atom is 0.306 e. The van der Waals surface area contributed by atoms with Crippen LogP contribution in [0.1, 0.15) is 200 Å². The molecule has 0 saturated carbocycles. The Morgan fingerprint density at radius 2 is 0.952 bits per heavy atom. The van der Waals surface area contributed by atoms with E-state index in [1.807, 2.05) is 0 Å². The van der Waals surface area contributed by atoms with Crippen molar-refractivity contribution in [2.45, 2.75) is 206 Å². The standard InChI is InChI=1S/C38H70O4/c1-3-5-7-9-11-13-15-16-17-18-19-20-22-24-26-28-30-35-38(41)42-36(33-31-34-37(39)40)32-29-27-25-23-21-14-12-10-8-6-4-2/h11,13,16-17,36H,3-10,12,14-15,18-35H2,1-2H3,(H,39,40)/b13-11-,17-16-. The number of carbonyl (C=O) groups excluding carboxylic acids is 1. The number of rotatable bonds is 33. The molecule has 1 unspecified atom stereocenters. The van der Waals surface area contributed by atoms with E-state index in [1.165, 1.54) is 128 Å². The lowest BCUT2D eigenvalue weighted by atomic mass is 10.0. The number of carboxylic acids is 1. The van der Waals surface area contributed by atoms with Crippen molar-refractivity contribution < 1.29 is 19.4 Å². The van der Waals surface area contributed by atoms with Gasteiger partial charge in [-0.15, -0.1) is 0 Å². The predicted octanol–water partition coefficient (Wildman–Crippen LogP) is 12.4. The molecule has 0 bridgehead atoms. The van der Waals surface area contributed by atoms with Crippen LogP contribution < -0.4 is 0 Å². The predicted molar refractivity (Wildman–Crippen MR) is 181 cm³/mol.